The molecule has 4 rings (SSSR count). The quantitative estimate of drug-likeness (QED) is 0.533. The summed E-state index contributed by atoms with van der Waals surface area (Å²) in [5.41, 5.74) is 1.90. The zero-order valence-corrected chi connectivity index (χ0v) is 19.8. The summed E-state index contributed by atoms with van der Waals surface area (Å²) < 4.78 is 45.8. The molecule has 12 heteroatoms. The van der Waals surface area contributed by atoms with Gasteiger partial charge in [-0.25, -0.2) is 9.97 Å². The third-order valence-electron chi connectivity index (χ3n) is 6.10. The number of aliphatic hydroxyl groups excluding tert-OH is 1. The first-order valence-electron chi connectivity index (χ1n) is 11.4. The van der Waals surface area contributed by atoms with Crippen LogP contribution in [-0.4, -0.2) is 74.9 Å². The van der Waals surface area contributed by atoms with Gasteiger partial charge in [0.25, 0.3) is 5.91 Å². The molecular weight excluding hydrogens is 479 g/mol. The lowest BCUT2D eigenvalue weighted by molar-refractivity contribution is -0.153. The van der Waals surface area contributed by atoms with E-state index >= 15 is 0 Å². The lowest BCUT2D eigenvalue weighted by atomic mass is 10.0. The average molecular weight is 505 g/mol. The molecule has 1 aliphatic heterocycles. The average Bonchev–Trinajstić information content (AvgIpc) is 3.12. The molecule has 0 spiro atoms. The van der Waals surface area contributed by atoms with E-state index in [2.05, 4.69) is 15.3 Å². The summed E-state index contributed by atoms with van der Waals surface area (Å²) in [6.45, 7) is 0.250. The van der Waals surface area contributed by atoms with Gasteiger partial charge in [0.05, 0.1) is 11.4 Å². The number of piperidine rings is 1. The number of hydrogen-bond acceptors (Lipinski definition) is 6. The molecule has 9 nitrogen and oxygen atoms in total. The zero-order valence-electron chi connectivity index (χ0n) is 19.8. The number of amides is 2. The molecule has 1 fully saturated rings. The van der Waals surface area contributed by atoms with Gasteiger partial charge < -0.3 is 24.6 Å². The number of aryl methyl sites for hydroxylation is 2. The lowest BCUT2D eigenvalue weighted by Crippen LogP contribution is -2.47. The first-order chi connectivity index (χ1) is 17.1. The number of carbonyl (C=O) groups excluding carboxylic acids is 2. The Morgan fingerprint density at radius 3 is 2.44 bits per heavy atom. The molecule has 0 unspecified atom stereocenters. The standard InChI is InChI=1S/C24H26F3N5O4/c1-14-18(15-6-4-3-5-7-15)30-19-21(36-13-24(25,26)27)20(31(2)22(19)28-14)23(35)29-16-8-10-32(11-9-16)17(34)12-33/h3-7,16,33H,8-13H2,1-2H3,(H,29,35). The maximum Gasteiger partial charge on any atom is 0.422 e. The zero-order chi connectivity index (χ0) is 26.0. The van der Waals surface area contributed by atoms with Gasteiger partial charge in [0.1, 0.15) is 6.61 Å². The number of ether oxygens (including phenoxy) is 1. The van der Waals surface area contributed by atoms with Crippen molar-refractivity contribution in [1.82, 2.24) is 24.8 Å². The maximum atomic E-state index is 13.3. The lowest BCUT2D eigenvalue weighted by Gasteiger charge is -2.32. The third-order valence-corrected chi connectivity index (χ3v) is 6.10. The third kappa shape index (κ3) is 5.27. The molecule has 1 aromatic carbocycles. The van der Waals surface area contributed by atoms with Crippen molar-refractivity contribution in [3.8, 4) is 17.0 Å². The summed E-state index contributed by atoms with van der Waals surface area (Å²) in [5, 5.41) is 11.9. The summed E-state index contributed by atoms with van der Waals surface area (Å²) in [5.74, 6) is -1.31. The fourth-order valence-electron chi connectivity index (χ4n) is 4.31. The topological polar surface area (TPSA) is 110 Å². The van der Waals surface area contributed by atoms with Gasteiger partial charge in [-0.15, -0.1) is 0 Å². The number of hydrogen-bond donors (Lipinski definition) is 2. The summed E-state index contributed by atoms with van der Waals surface area (Å²) in [6.07, 6.45) is -3.75. The van der Waals surface area contributed by atoms with E-state index in [4.69, 9.17) is 9.84 Å². The number of alkyl halides is 3. The van der Waals surface area contributed by atoms with E-state index in [9.17, 15) is 22.8 Å². The molecule has 192 valence electrons. The van der Waals surface area contributed by atoms with Crippen molar-refractivity contribution in [2.75, 3.05) is 26.3 Å². The van der Waals surface area contributed by atoms with Gasteiger partial charge in [-0.05, 0) is 19.8 Å². The van der Waals surface area contributed by atoms with Gasteiger partial charge in [-0.3, -0.25) is 9.59 Å². The van der Waals surface area contributed by atoms with Crippen molar-refractivity contribution >= 4 is 23.0 Å². The van der Waals surface area contributed by atoms with E-state index in [-0.39, 0.29) is 28.6 Å². The normalized spacial score (nSPS) is 14.8. The molecule has 3 heterocycles. The van der Waals surface area contributed by atoms with Gasteiger partial charge in [-0.1, -0.05) is 30.3 Å². The minimum absolute atomic E-state index is 0.0553. The second-order valence-corrected chi connectivity index (χ2v) is 8.62. The molecule has 2 amide bonds. The minimum atomic E-state index is -4.62. The highest BCUT2D eigenvalue weighted by Crippen LogP contribution is 2.34. The van der Waals surface area contributed by atoms with Crippen LogP contribution in [0.2, 0.25) is 0 Å². The molecule has 36 heavy (non-hydrogen) atoms. The Morgan fingerprint density at radius 1 is 1.17 bits per heavy atom. The highest BCUT2D eigenvalue weighted by atomic mass is 19.4. The molecule has 2 aromatic heterocycles. The number of benzene rings is 1. The van der Waals surface area contributed by atoms with Crippen LogP contribution >= 0.6 is 0 Å². The first-order valence-corrected chi connectivity index (χ1v) is 11.4. The molecule has 0 aliphatic carbocycles. The number of aliphatic hydroxyl groups is 1. The molecule has 0 radical (unpaired) electrons. The van der Waals surface area contributed by atoms with Crippen LogP contribution in [0.4, 0.5) is 13.2 Å². The molecule has 1 aliphatic rings. The second-order valence-electron chi connectivity index (χ2n) is 8.62. The Morgan fingerprint density at radius 2 is 1.83 bits per heavy atom. The van der Waals surface area contributed by atoms with Crippen LogP contribution in [-0.2, 0) is 11.8 Å². The van der Waals surface area contributed by atoms with Crippen LogP contribution in [0.25, 0.3) is 22.4 Å². The van der Waals surface area contributed by atoms with Crippen LogP contribution in [0, 0.1) is 6.92 Å². The predicted molar refractivity (Wildman–Crippen MR) is 124 cm³/mol. The van der Waals surface area contributed by atoms with E-state index in [0.717, 1.165) is 5.56 Å². The molecule has 1 saturated heterocycles. The van der Waals surface area contributed by atoms with Crippen molar-refractivity contribution in [3.05, 3.63) is 41.7 Å². The summed E-state index contributed by atoms with van der Waals surface area (Å²) in [4.78, 5) is 35.6. The van der Waals surface area contributed by atoms with E-state index in [1.165, 1.54) is 16.5 Å². The van der Waals surface area contributed by atoms with E-state index < -0.39 is 31.2 Å². The maximum absolute atomic E-state index is 13.3. The Labute approximate surface area is 204 Å². The second kappa shape index (κ2) is 10.1. The number of likely N-dealkylation sites (tertiary alicyclic amines) is 1. The van der Waals surface area contributed by atoms with Gasteiger partial charge in [0.15, 0.2) is 29.2 Å². The molecule has 0 atom stereocenters. The Kier molecular flexibility index (Phi) is 7.16. The number of carbonyl (C=O) groups is 2. The SMILES string of the molecule is Cc1nc2c(nc1-c1ccccc1)c(OCC(F)(F)F)c(C(=O)NC1CCN(C(=O)CO)CC1)n2C. The highest BCUT2D eigenvalue weighted by Gasteiger charge is 2.33. The van der Waals surface area contributed by atoms with Gasteiger partial charge in [0, 0.05) is 31.7 Å². The first kappa shape index (κ1) is 25.4. The van der Waals surface area contributed by atoms with E-state index in [0.29, 0.717) is 37.3 Å². The Bertz CT molecular complexity index is 1270. The number of aromatic nitrogens is 3. The molecule has 3 aromatic rings. The van der Waals surface area contributed by atoms with Crippen molar-refractivity contribution in [1.29, 1.82) is 0 Å². The van der Waals surface area contributed by atoms with Crippen LogP contribution in [0.5, 0.6) is 5.75 Å². The minimum Gasteiger partial charge on any atom is -0.479 e. The van der Waals surface area contributed by atoms with Crippen molar-refractivity contribution in [2.24, 2.45) is 7.05 Å². The van der Waals surface area contributed by atoms with E-state index in [1.54, 1.807) is 6.92 Å². The van der Waals surface area contributed by atoms with Gasteiger partial charge in [-0.2, -0.15) is 13.2 Å². The predicted octanol–water partition coefficient (Wildman–Crippen LogP) is 2.60. The highest BCUT2D eigenvalue weighted by molar-refractivity contribution is 6.02. The molecule has 2 N–H and O–H groups in total. The number of halogens is 3. The number of fused-ring (bicyclic) bond motifs is 1. The van der Waals surface area contributed by atoms with Gasteiger partial charge in [0.2, 0.25) is 5.91 Å². The van der Waals surface area contributed by atoms with Crippen LogP contribution in [0.1, 0.15) is 29.0 Å². The molecular formula is C24H26F3N5O4. The largest absolute Gasteiger partial charge is 0.479 e. The van der Waals surface area contributed by atoms with Gasteiger partial charge >= 0.3 is 6.18 Å². The van der Waals surface area contributed by atoms with Crippen LogP contribution < -0.4 is 10.1 Å². The van der Waals surface area contributed by atoms with Crippen molar-refractivity contribution in [2.45, 2.75) is 32.0 Å². The van der Waals surface area contributed by atoms with Crippen molar-refractivity contribution in [3.63, 3.8) is 0 Å². The fourth-order valence-corrected chi connectivity index (χ4v) is 4.31. The smallest absolute Gasteiger partial charge is 0.422 e. The molecule has 0 saturated carbocycles. The monoisotopic (exact) mass is 505 g/mol. The summed E-state index contributed by atoms with van der Waals surface area (Å²) in [6, 6.07) is 8.76. The van der Waals surface area contributed by atoms with Crippen LogP contribution in [0.15, 0.2) is 30.3 Å². The van der Waals surface area contributed by atoms with E-state index in [1.807, 2.05) is 30.3 Å². The Hall–Kier alpha value is -3.67. The summed E-state index contributed by atoms with van der Waals surface area (Å²) in [7, 11) is 1.52. The van der Waals surface area contributed by atoms with Crippen molar-refractivity contribution < 1.29 is 32.6 Å². The van der Waals surface area contributed by atoms with Crippen LogP contribution in [0.3, 0.4) is 0 Å². The summed E-state index contributed by atoms with van der Waals surface area (Å²) >= 11 is 0. The number of nitrogens with one attached hydrogen (secondary N) is 1. The molecule has 0 bridgehead atoms. The Balaban J connectivity index is 1.70. The number of nitrogens with zero attached hydrogens (tertiary/aromatic N) is 4. The number of rotatable bonds is 6. The fraction of sp³-hybridized carbons (Fsp3) is 0.417.